The average Bonchev–Trinajstić information content (AvgIpc) is 2.69. The van der Waals surface area contributed by atoms with E-state index in [1.807, 2.05) is 0 Å². The molecule has 0 saturated heterocycles. The van der Waals surface area contributed by atoms with Gasteiger partial charge >= 0.3 is 5.69 Å². The zero-order valence-corrected chi connectivity index (χ0v) is 8.07. The summed E-state index contributed by atoms with van der Waals surface area (Å²) in [7, 11) is 0. The van der Waals surface area contributed by atoms with Crippen molar-refractivity contribution in [2.45, 2.75) is 19.3 Å². The van der Waals surface area contributed by atoms with Crippen LogP contribution < -0.4 is 0 Å². The predicted octanol–water partition coefficient (Wildman–Crippen LogP) is 3.30. The minimum absolute atomic E-state index is 0.461. The Morgan fingerprint density at radius 2 is 2.20 bits per heavy atom. The Bertz CT molecular complexity index is 440. The summed E-state index contributed by atoms with van der Waals surface area (Å²) in [5, 5.41) is 10.4. The van der Waals surface area contributed by atoms with Crippen LogP contribution in [0.1, 0.15) is 24.8 Å². The second-order valence-corrected chi connectivity index (χ2v) is 3.54. The largest absolute Gasteiger partial charge is 0.304 e. The first-order valence-electron chi connectivity index (χ1n) is 4.82. The second kappa shape index (κ2) is 3.81. The van der Waals surface area contributed by atoms with Gasteiger partial charge in [0.2, 0.25) is 5.82 Å². The van der Waals surface area contributed by atoms with Gasteiger partial charge in [-0.25, -0.2) is 0 Å². The molecule has 1 aliphatic carbocycles. The lowest BCUT2D eigenvalue weighted by Gasteiger charge is -2.02. The van der Waals surface area contributed by atoms with Crippen molar-refractivity contribution in [3.63, 3.8) is 0 Å². The maximum absolute atomic E-state index is 13.3. The number of hydrogen-bond acceptors (Lipinski definition) is 2. The molecule has 0 bridgehead atoms. The quantitative estimate of drug-likeness (QED) is 0.551. The Balaban J connectivity index is 2.37. The van der Waals surface area contributed by atoms with E-state index in [4.69, 9.17) is 0 Å². The molecule has 0 spiro atoms. The van der Waals surface area contributed by atoms with Crippen molar-refractivity contribution in [3.05, 3.63) is 45.8 Å². The fraction of sp³-hybridized carbons (Fsp3) is 0.273. The Morgan fingerprint density at radius 1 is 1.40 bits per heavy atom. The highest BCUT2D eigenvalue weighted by molar-refractivity contribution is 5.68. The maximum Gasteiger partial charge on any atom is 0.304 e. The summed E-state index contributed by atoms with van der Waals surface area (Å²) in [6.45, 7) is 0. The van der Waals surface area contributed by atoms with Crippen molar-refractivity contribution in [1.29, 1.82) is 0 Å². The van der Waals surface area contributed by atoms with Crippen LogP contribution >= 0.6 is 0 Å². The number of nitro benzene ring substituents is 1. The van der Waals surface area contributed by atoms with Gasteiger partial charge in [0, 0.05) is 6.07 Å². The van der Waals surface area contributed by atoms with Gasteiger partial charge in [-0.1, -0.05) is 6.08 Å². The first-order chi connectivity index (χ1) is 7.18. The molecule has 15 heavy (non-hydrogen) atoms. The van der Waals surface area contributed by atoms with E-state index >= 15 is 0 Å². The molecule has 0 saturated carbocycles. The number of nitro groups is 1. The first kappa shape index (κ1) is 9.83. The number of rotatable bonds is 2. The van der Waals surface area contributed by atoms with Crippen molar-refractivity contribution in [3.8, 4) is 0 Å². The van der Waals surface area contributed by atoms with E-state index in [1.54, 1.807) is 6.07 Å². The second-order valence-electron chi connectivity index (χ2n) is 3.54. The zero-order valence-electron chi connectivity index (χ0n) is 8.07. The molecule has 0 radical (unpaired) electrons. The van der Waals surface area contributed by atoms with Gasteiger partial charge in [0.05, 0.1) is 4.92 Å². The Labute approximate surface area is 86.4 Å². The summed E-state index contributed by atoms with van der Waals surface area (Å²) in [6.07, 6.45) is 5.07. The summed E-state index contributed by atoms with van der Waals surface area (Å²) in [4.78, 5) is 9.70. The van der Waals surface area contributed by atoms with Crippen LogP contribution in [0.15, 0.2) is 24.3 Å². The number of nitrogens with zero attached hydrogens (tertiary/aromatic N) is 1. The lowest BCUT2D eigenvalue weighted by atomic mass is 10.1. The van der Waals surface area contributed by atoms with Gasteiger partial charge in [-0.3, -0.25) is 10.1 Å². The standard InChI is InChI=1S/C11H10FNO2/c12-10-7-9(8-3-1-2-4-8)5-6-11(10)13(14)15/h3,5-7H,1-2,4H2. The molecule has 1 aliphatic rings. The van der Waals surface area contributed by atoms with E-state index in [0.29, 0.717) is 0 Å². The number of halogens is 1. The highest BCUT2D eigenvalue weighted by Gasteiger charge is 2.15. The van der Waals surface area contributed by atoms with Crippen LogP contribution in [0.25, 0.3) is 5.57 Å². The van der Waals surface area contributed by atoms with Gasteiger partial charge in [0.15, 0.2) is 0 Å². The molecule has 0 amide bonds. The molecule has 1 aromatic rings. The third kappa shape index (κ3) is 1.88. The van der Waals surface area contributed by atoms with E-state index < -0.39 is 16.4 Å². The van der Waals surface area contributed by atoms with Crippen LogP contribution in [0.4, 0.5) is 10.1 Å². The zero-order chi connectivity index (χ0) is 10.8. The minimum Gasteiger partial charge on any atom is -0.258 e. The fourth-order valence-electron chi connectivity index (χ4n) is 1.79. The first-order valence-corrected chi connectivity index (χ1v) is 4.82. The number of allylic oxidation sites excluding steroid dienone is 2. The molecule has 0 aromatic heterocycles. The molecule has 4 heteroatoms. The molecule has 3 nitrogen and oxygen atoms in total. The Morgan fingerprint density at radius 3 is 2.73 bits per heavy atom. The van der Waals surface area contributed by atoms with E-state index in [2.05, 4.69) is 6.08 Å². The summed E-state index contributed by atoms with van der Waals surface area (Å²) in [5.41, 5.74) is 1.39. The molecule has 0 heterocycles. The maximum atomic E-state index is 13.3. The minimum atomic E-state index is -0.759. The van der Waals surface area contributed by atoms with Crippen LogP contribution in [0.3, 0.4) is 0 Å². The van der Waals surface area contributed by atoms with Crippen LogP contribution in [0.5, 0.6) is 0 Å². The normalized spacial score (nSPS) is 15.1. The van der Waals surface area contributed by atoms with E-state index in [0.717, 1.165) is 30.4 Å². The molecule has 78 valence electrons. The predicted molar refractivity (Wildman–Crippen MR) is 54.9 cm³/mol. The highest BCUT2D eigenvalue weighted by atomic mass is 19.1. The van der Waals surface area contributed by atoms with Crippen molar-refractivity contribution < 1.29 is 9.31 Å². The van der Waals surface area contributed by atoms with Crippen molar-refractivity contribution in [2.75, 3.05) is 0 Å². The molecular formula is C11H10FNO2. The molecule has 0 unspecified atom stereocenters. The summed E-state index contributed by atoms with van der Waals surface area (Å²) in [6, 6.07) is 4.08. The monoisotopic (exact) mass is 207 g/mol. The van der Waals surface area contributed by atoms with E-state index in [9.17, 15) is 14.5 Å². The topological polar surface area (TPSA) is 43.1 Å². The van der Waals surface area contributed by atoms with Gasteiger partial charge in [-0.2, -0.15) is 4.39 Å². The van der Waals surface area contributed by atoms with E-state index in [-0.39, 0.29) is 0 Å². The molecule has 2 rings (SSSR count). The third-order valence-corrected chi connectivity index (χ3v) is 2.56. The molecule has 1 aromatic carbocycles. The molecule has 0 aliphatic heterocycles. The SMILES string of the molecule is O=[N+]([O-])c1ccc(C2=CCCC2)cc1F. The third-order valence-electron chi connectivity index (χ3n) is 2.56. The fourth-order valence-corrected chi connectivity index (χ4v) is 1.79. The van der Waals surface area contributed by atoms with Gasteiger partial charge in [0.1, 0.15) is 0 Å². The van der Waals surface area contributed by atoms with Gasteiger partial charge in [-0.05, 0) is 42.5 Å². The molecule has 0 N–H and O–H groups in total. The lowest BCUT2D eigenvalue weighted by Crippen LogP contribution is -1.93. The average molecular weight is 207 g/mol. The van der Waals surface area contributed by atoms with E-state index in [1.165, 1.54) is 12.1 Å². The van der Waals surface area contributed by atoms with Crippen LogP contribution in [0.2, 0.25) is 0 Å². The molecular weight excluding hydrogens is 197 g/mol. The Kier molecular flexibility index (Phi) is 2.49. The molecule has 0 fully saturated rings. The summed E-state index contributed by atoms with van der Waals surface area (Å²) in [5.74, 6) is -0.759. The smallest absolute Gasteiger partial charge is 0.258 e. The summed E-state index contributed by atoms with van der Waals surface area (Å²) < 4.78 is 13.3. The highest BCUT2D eigenvalue weighted by Crippen LogP contribution is 2.29. The van der Waals surface area contributed by atoms with Gasteiger partial charge in [-0.15, -0.1) is 0 Å². The number of benzene rings is 1. The number of hydrogen-bond donors (Lipinski definition) is 0. The summed E-state index contributed by atoms with van der Waals surface area (Å²) >= 11 is 0. The van der Waals surface area contributed by atoms with Crippen LogP contribution in [-0.2, 0) is 0 Å². The van der Waals surface area contributed by atoms with Crippen molar-refractivity contribution in [2.24, 2.45) is 0 Å². The van der Waals surface area contributed by atoms with Gasteiger partial charge in [0.25, 0.3) is 0 Å². The Hall–Kier alpha value is -1.71. The molecule has 0 atom stereocenters. The lowest BCUT2D eigenvalue weighted by molar-refractivity contribution is -0.387. The van der Waals surface area contributed by atoms with Crippen LogP contribution in [0, 0.1) is 15.9 Å². The van der Waals surface area contributed by atoms with Crippen molar-refractivity contribution in [1.82, 2.24) is 0 Å². The van der Waals surface area contributed by atoms with Gasteiger partial charge < -0.3 is 0 Å². The van der Waals surface area contributed by atoms with Crippen molar-refractivity contribution >= 4 is 11.3 Å². The van der Waals surface area contributed by atoms with Crippen LogP contribution in [-0.4, -0.2) is 4.92 Å².